The molecular formula is C18H28IN3O. The molecule has 3 N–H and O–H groups in total. The van der Waals surface area contributed by atoms with Crippen molar-refractivity contribution >= 4 is 39.9 Å². The monoisotopic (exact) mass is 429 g/mol. The van der Waals surface area contributed by atoms with Gasteiger partial charge in [-0.25, -0.2) is 0 Å². The van der Waals surface area contributed by atoms with E-state index in [2.05, 4.69) is 61.7 Å². The molecule has 1 aromatic carbocycles. The number of carbonyl (C=O) groups excluding carboxylic acids is 1. The third-order valence-electron chi connectivity index (χ3n) is 4.21. The fourth-order valence-corrected chi connectivity index (χ4v) is 3.42. The maximum Gasteiger partial charge on any atom is 0.245 e. The van der Waals surface area contributed by atoms with E-state index >= 15 is 0 Å². The number of halogens is 1. The summed E-state index contributed by atoms with van der Waals surface area (Å²) in [5.41, 5.74) is 9.00. The van der Waals surface area contributed by atoms with Crippen LogP contribution >= 0.6 is 22.6 Å². The van der Waals surface area contributed by atoms with Crippen molar-refractivity contribution in [3.8, 4) is 0 Å². The summed E-state index contributed by atoms with van der Waals surface area (Å²) in [5.74, 6) is 1.27. The molecule has 1 aromatic rings. The first-order valence-corrected chi connectivity index (χ1v) is 9.49. The smallest absolute Gasteiger partial charge is 0.245 e. The highest BCUT2D eigenvalue weighted by Gasteiger charge is 2.29. The van der Waals surface area contributed by atoms with Crippen molar-refractivity contribution < 1.29 is 4.79 Å². The highest BCUT2D eigenvalue weighted by molar-refractivity contribution is 14.1. The molecule has 0 fully saturated rings. The predicted molar refractivity (Wildman–Crippen MR) is 105 cm³/mol. The Kier molecular flexibility index (Phi) is 6.17. The maximum atomic E-state index is 13.0. The van der Waals surface area contributed by atoms with Crippen LogP contribution in [-0.4, -0.2) is 23.4 Å². The zero-order valence-electron chi connectivity index (χ0n) is 14.5. The average Bonchev–Trinajstić information content (AvgIpc) is 2.56. The zero-order chi connectivity index (χ0) is 17.1. The number of hydrogen-bond acceptors (Lipinski definition) is 3. The molecule has 0 bridgehead atoms. The normalized spacial score (nSPS) is 18.1. The Hall–Kier alpha value is -0.980. The lowest BCUT2D eigenvalue weighted by atomic mass is 10.0. The standard InChI is InChI=1S/C18H28IN3O/c1-11(2)5-6-22-10-13-8-14(19)15(20)9-16(13)21-17(18(22)23)7-12(3)4/h8-9,11-12,17,21H,5-7,10,20H2,1-4H3/t17-/m0/s1. The molecule has 1 heterocycles. The third kappa shape index (κ3) is 4.75. The summed E-state index contributed by atoms with van der Waals surface area (Å²) in [6, 6.07) is 3.91. The topological polar surface area (TPSA) is 58.4 Å². The van der Waals surface area contributed by atoms with Crippen molar-refractivity contribution in [2.75, 3.05) is 17.6 Å². The number of nitrogens with zero attached hydrogens (tertiary/aromatic N) is 1. The van der Waals surface area contributed by atoms with E-state index in [0.717, 1.165) is 39.9 Å². The van der Waals surface area contributed by atoms with Crippen molar-refractivity contribution in [1.29, 1.82) is 0 Å². The fraction of sp³-hybridized carbons (Fsp3) is 0.611. The first-order valence-electron chi connectivity index (χ1n) is 8.41. The minimum absolute atomic E-state index is 0.164. The fourth-order valence-electron chi connectivity index (χ4n) is 2.88. The number of amides is 1. The molecule has 1 aliphatic rings. The second-order valence-corrected chi connectivity index (χ2v) is 8.46. The van der Waals surface area contributed by atoms with E-state index in [1.165, 1.54) is 0 Å². The van der Waals surface area contributed by atoms with Gasteiger partial charge < -0.3 is 16.0 Å². The first-order chi connectivity index (χ1) is 10.8. The van der Waals surface area contributed by atoms with Gasteiger partial charge in [-0.3, -0.25) is 4.79 Å². The number of nitrogen functional groups attached to an aromatic ring is 1. The molecule has 23 heavy (non-hydrogen) atoms. The van der Waals surface area contributed by atoms with E-state index in [1.807, 2.05) is 11.0 Å². The number of benzene rings is 1. The molecule has 5 heteroatoms. The van der Waals surface area contributed by atoms with Gasteiger partial charge in [0.1, 0.15) is 6.04 Å². The van der Waals surface area contributed by atoms with Crippen molar-refractivity contribution in [2.45, 2.75) is 53.1 Å². The van der Waals surface area contributed by atoms with Gasteiger partial charge in [0, 0.05) is 28.0 Å². The molecule has 0 saturated carbocycles. The quantitative estimate of drug-likeness (QED) is 0.548. The average molecular weight is 429 g/mol. The van der Waals surface area contributed by atoms with Crippen LogP contribution < -0.4 is 11.1 Å². The number of anilines is 2. The molecule has 0 radical (unpaired) electrons. The molecule has 0 aliphatic carbocycles. The number of hydrogen-bond donors (Lipinski definition) is 2. The number of nitrogens with one attached hydrogen (secondary N) is 1. The lowest BCUT2D eigenvalue weighted by Gasteiger charge is -2.26. The van der Waals surface area contributed by atoms with Crippen molar-refractivity contribution in [1.82, 2.24) is 4.90 Å². The second kappa shape index (κ2) is 7.73. The minimum atomic E-state index is -0.164. The predicted octanol–water partition coefficient (Wildman–Crippen LogP) is 4.09. The highest BCUT2D eigenvalue weighted by Crippen LogP contribution is 2.30. The summed E-state index contributed by atoms with van der Waals surface area (Å²) >= 11 is 2.26. The molecule has 1 amide bonds. The van der Waals surface area contributed by atoms with Gasteiger partial charge in [0.05, 0.1) is 0 Å². The van der Waals surface area contributed by atoms with Gasteiger partial charge in [-0.05, 0) is 65.0 Å². The number of rotatable bonds is 5. The molecule has 0 unspecified atom stereocenters. The Morgan fingerprint density at radius 1 is 1.30 bits per heavy atom. The summed E-state index contributed by atoms with van der Waals surface area (Å²) in [6.45, 7) is 10.2. The largest absolute Gasteiger partial charge is 0.398 e. The van der Waals surface area contributed by atoms with Crippen LogP contribution in [0.4, 0.5) is 11.4 Å². The van der Waals surface area contributed by atoms with Crippen LogP contribution in [0.25, 0.3) is 0 Å². The molecule has 128 valence electrons. The molecule has 4 nitrogen and oxygen atoms in total. The Morgan fingerprint density at radius 2 is 2.00 bits per heavy atom. The van der Waals surface area contributed by atoms with Crippen LogP contribution in [0.15, 0.2) is 12.1 Å². The van der Waals surface area contributed by atoms with Crippen LogP contribution in [0.1, 0.15) is 46.1 Å². The van der Waals surface area contributed by atoms with Crippen LogP contribution in [0.2, 0.25) is 0 Å². The lowest BCUT2D eigenvalue weighted by Crippen LogP contribution is -2.41. The maximum absolute atomic E-state index is 13.0. The SMILES string of the molecule is CC(C)CCN1Cc2cc(I)c(N)cc2N[C@@H](CC(C)C)C1=O. The van der Waals surface area contributed by atoms with Crippen molar-refractivity contribution in [3.05, 3.63) is 21.3 Å². The number of nitrogens with two attached hydrogens (primary N) is 1. The van der Waals surface area contributed by atoms with Crippen LogP contribution in [0, 0.1) is 15.4 Å². The van der Waals surface area contributed by atoms with Crippen LogP contribution in [0.5, 0.6) is 0 Å². The van der Waals surface area contributed by atoms with E-state index in [-0.39, 0.29) is 11.9 Å². The third-order valence-corrected chi connectivity index (χ3v) is 5.14. The molecule has 0 spiro atoms. The van der Waals surface area contributed by atoms with Gasteiger partial charge in [0.25, 0.3) is 0 Å². The van der Waals surface area contributed by atoms with Crippen molar-refractivity contribution in [3.63, 3.8) is 0 Å². The molecular weight excluding hydrogens is 401 g/mol. The van der Waals surface area contributed by atoms with Crippen molar-refractivity contribution in [2.24, 2.45) is 11.8 Å². The summed E-state index contributed by atoms with van der Waals surface area (Å²) in [6.07, 6.45) is 1.86. The minimum Gasteiger partial charge on any atom is -0.398 e. The molecule has 1 aliphatic heterocycles. The Labute approximate surface area is 153 Å². The van der Waals surface area contributed by atoms with E-state index in [1.54, 1.807) is 0 Å². The van der Waals surface area contributed by atoms with Gasteiger partial charge in [0.15, 0.2) is 0 Å². The first kappa shape index (κ1) is 18.4. The lowest BCUT2D eigenvalue weighted by molar-refractivity contribution is -0.132. The summed E-state index contributed by atoms with van der Waals surface area (Å²) < 4.78 is 1.04. The Morgan fingerprint density at radius 3 is 2.61 bits per heavy atom. The van der Waals surface area contributed by atoms with Gasteiger partial charge in [-0.15, -0.1) is 0 Å². The van der Waals surface area contributed by atoms with Gasteiger partial charge in [0.2, 0.25) is 5.91 Å². The Bertz CT molecular complexity index is 572. The van der Waals surface area contributed by atoms with Gasteiger partial charge in [-0.1, -0.05) is 27.7 Å². The summed E-state index contributed by atoms with van der Waals surface area (Å²) in [5, 5.41) is 3.45. The summed E-state index contributed by atoms with van der Waals surface area (Å²) in [7, 11) is 0. The van der Waals surface area contributed by atoms with Crippen LogP contribution in [-0.2, 0) is 11.3 Å². The van der Waals surface area contributed by atoms with E-state index in [0.29, 0.717) is 18.4 Å². The van der Waals surface area contributed by atoms with E-state index < -0.39 is 0 Å². The number of fused-ring (bicyclic) bond motifs is 1. The molecule has 0 aromatic heterocycles. The molecule has 2 rings (SSSR count). The van der Waals surface area contributed by atoms with Crippen LogP contribution in [0.3, 0.4) is 0 Å². The van der Waals surface area contributed by atoms with E-state index in [4.69, 9.17) is 5.73 Å². The van der Waals surface area contributed by atoms with Gasteiger partial charge >= 0.3 is 0 Å². The van der Waals surface area contributed by atoms with Gasteiger partial charge in [-0.2, -0.15) is 0 Å². The zero-order valence-corrected chi connectivity index (χ0v) is 16.7. The molecule has 0 saturated heterocycles. The summed E-state index contributed by atoms with van der Waals surface area (Å²) in [4.78, 5) is 15.0. The number of carbonyl (C=O) groups is 1. The molecule has 1 atom stereocenters. The Balaban J connectivity index is 2.33. The van der Waals surface area contributed by atoms with E-state index in [9.17, 15) is 4.79 Å². The second-order valence-electron chi connectivity index (χ2n) is 7.30. The highest BCUT2D eigenvalue weighted by atomic mass is 127.